The standard InChI is InChI=1S/C8H10BrF3N2S/c1-3-15-6-4-13-14(7(6)9)5(2)8(10,11)12/h4-5H,3H2,1-2H3. The minimum Gasteiger partial charge on any atom is -0.245 e. The van der Waals surface area contributed by atoms with E-state index in [4.69, 9.17) is 0 Å². The Labute approximate surface area is 98.4 Å². The number of rotatable bonds is 3. The van der Waals surface area contributed by atoms with Crippen molar-refractivity contribution in [3.63, 3.8) is 0 Å². The highest BCUT2D eigenvalue weighted by Crippen LogP contribution is 2.35. The zero-order valence-corrected chi connectivity index (χ0v) is 10.6. The first-order valence-electron chi connectivity index (χ1n) is 4.30. The van der Waals surface area contributed by atoms with Crippen molar-refractivity contribution in [1.29, 1.82) is 0 Å². The fourth-order valence-electron chi connectivity index (χ4n) is 0.992. The molecular weight excluding hydrogens is 293 g/mol. The fourth-order valence-corrected chi connectivity index (χ4v) is 2.48. The molecule has 0 fully saturated rings. The molecule has 1 heterocycles. The summed E-state index contributed by atoms with van der Waals surface area (Å²) in [6.07, 6.45) is -2.83. The molecule has 0 N–H and O–H groups in total. The molecule has 0 bridgehead atoms. The van der Waals surface area contributed by atoms with E-state index in [1.54, 1.807) is 0 Å². The number of hydrogen-bond acceptors (Lipinski definition) is 2. The Bertz CT molecular complexity index is 337. The average Bonchev–Trinajstić information content (AvgIpc) is 2.46. The van der Waals surface area contributed by atoms with E-state index >= 15 is 0 Å². The van der Waals surface area contributed by atoms with Gasteiger partial charge in [0.2, 0.25) is 0 Å². The quantitative estimate of drug-likeness (QED) is 0.789. The highest BCUT2D eigenvalue weighted by atomic mass is 79.9. The van der Waals surface area contributed by atoms with Crippen LogP contribution in [0, 0.1) is 0 Å². The van der Waals surface area contributed by atoms with Crippen molar-refractivity contribution in [2.24, 2.45) is 0 Å². The second-order valence-corrected chi connectivity index (χ2v) is 4.95. The SMILES string of the molecule is CCSc1cnn(C(C)C(F)(F)F)c1Br. The predicted octanol–water partition coefficient (Wildman–Crippen LogP) is 3.88. The maximum atomic E-state index is 12.4. The molecule has 1 unspecified atom stereocenters. The molecule has 0 aliphatic carbocycles. The monoisotopic (exact) mass is 302 g/mol. The van der Waals surface area contributed by atoms with Crippen LogP contribution in [-0.4, -0.2) is 21.7 Å². The molecule has 0 saturated heterocycles. The molecule has 0 saturated carbocycles. The van der Waals surface area contributed by atoms with Crippen LogP contribution >= 0.6 is 27.7 Å². The van der Waals surface area contributed by atoms with E-state index in [0.29, 0.717) is 4.60 Å². The van der Waals surface area contributed by atoms with Gasteiger partial charge in [0.1, 0.15) is 10.6 Å². The molecule has 0 aliphatic heterocycles. The summed E-state index contributed by atoms with van der Waals surface area (Å²) in [5.41, 5.74) is 0. The van der Waals surface area contributed by atoms with E-state index < -0.39 is 12.2 Å². The van der Waals surface area contributed by atoms with Gasteiger partial charge in [-0.2, -0.15) is 18.3 Å². The lowest BCUT2D eigenvalue weighted by Gasteiger charge is -2.16. The highest BCUT2D eigenvalue weighted by molar-refractivity contribution is 9.10. The largest absolute Gasteiger partial charge is 0.410 e. The van der Waals surface area contributed by atoms with Gasteiger partial charge in [-0.1, -0.05) is 6.92 Å². The number of hydrogen-bond donors (Lipinski definition) is 0. The average molecular weight is 303 g/mol. The summed E-state index contributed by atoms with van der Waals surface area (Å²) >= 11 is 4.58. The highest BCUT2D eigenvalue weighted by Gasteiger charge is 2.39. The van der Waals surface area contributed by atoms with Crippen LogP contribution in [0.2, 0.25) is 0 Å². The molecule has 1 rings (SSSR count). The summed E-state index contributed by atoms with van der Waals surface area (Å²) in [6, 6.07) is -1.61. The minimum atomic E-state index is -4.28. The van der Waals surface area contributed by atoms with Crippen molar-refractivity contribution in [1.82, 2.24) is 9.78 Å². The van der Waals surface area contributed by atoms with Gasteiger partial charge in [-0.05, 0) is 28.6 Å². The molecule has 0 radical (unpaired) electrons. The lowest BCUT2D eigenvalue weighted by Crippen LogP contribution is -2.24. The van der Waals surface area contributed by atoms with Crippen LogP contribution in [0.3, 0.4) is 0 Å². The van der Waals surface area contributed by atoms with Crippen molar-refractivity contribution in [2.45, 2.75) is 31.0 Å². The third-order valence-electron chi connectivity index (χ3n) is 1.84. The summed E-state index contributed by atoms with van der Waals surface area (Å²) in [4.78, 5) is 0.730. The van der Waals surface area contributed by atoms with Gasteiger partial charge in [0.15, 0.2) is 0 Å². The molecule has 2 nitrogen and oxygen atoms in total. The van der Waals surface area contributed by atoms with Gasteiger partial charge in [0, 0.05) is 0 Å². The Hall–Kier alpha value is -0.170. The third-order valence-corrected chi connectivity index (χ3v) is 3.80. The van der Waals surface area contributed by atoms with E-state index in [1.165, 1.54) is 18.0 Å². The molecule has 1 aromatic heterocycles. The van der Waals surface area contributed by atoms with Gasteiger partial charge in [-0.15, -0.1) is 11.8 Å². The fraction of sp³-hybridized carbons (Fsp3) is 0.625. The lowest BCUT2D eigenvalue weighted by molar-refractivity contribution is -0.165. The molecule has 0 aliphatic rings. The minimum absolute atomic E-state index is 0.388. The predicted molar refractivity (Wildman–Crippen MR) is 57.1 cm³/mol. The van der Waals surface area contributed by atoms with E-state index in [0.717, 1.165) is 22.3 Å². The Morgan fingerprint density at radius 2 is 2.20 bits per heavy atom. The van der Waals surface area contributed by atoms with Crippen LogP contribution in [0.15, 0.2) is 15.7 Å². The first-order chi connectivity index (χ1) is 6.88. The number of alkyl halides is 3. The third kappa shape index (κ3) is 2.90. The molecule has 15 heavy (non-hydrogen) atoms. The zero-order chi connectivity index (χ0) is 11.6. The number of thioether (sulfide) groups is 1. The first-order valence-corrected chi connectivity index (χ1v) is 6.08. The number of aromatic nitrogens is 2. The Morgan fingerprint density at radius 1 is 1.60 bits per heavy atom. The van der Waals surface area contributed by atoms with Gasteiger partial charge >= 0.3 is 6.18 Å². The van der Waals surface area contributed by atoms with Gasteiger partial charge in [-0.3, -0.25) is 0 Å². The van der Waals surface area contributed by atoms with Crippen molar-refractivity contribution in [2.75, 3.05) is 5.75 Å². The van der Waals surface area contributed by atoms with Crippen LogP contribution in [-0.2, 0) is 0 Å². The zero-order valence-electron chi connectivity index (χ0n) is 8.18. The van der Waals surface area contributed by atoms with Gasteiger partial charge in [-0.25, -0.2) is 4.68 Å². The van der Waals surface area contributed by atoms with E-state index in [1.807, 2.05) is 6.92 Å². The molecule has 86 valence electrons. The normalized spacial score (nSPS) is 14.3. The van der Waals surface area contributed by atoms with Crippen LogP contribution < -0.4 is 0 Å². The first kappa shape index (κ1) is 12.9. The van der Waals surface area contributed by atoms with Crippen LogP contribution in [0.5, 0.6) is 0 Å². The summed E-state index contributed by atoms with van der Waals surface area (Å²) in [5, 5.41) is 3.73. The Balaban J connectivity index is 2.96. The second kappa shape index (κ2) is 4.78. The number of nitrogens with zero attached hydrogens (tertiary/aromatic N) is 2. The smallest absolute Gasteiger partial charge is 0.245 e. The van der Waals surface area contributed by atoms with Crippen LogP contribution in [0.1, 0.15) is 19.9 Å². The molecule has 0 spiro atoms. The maximum Gasteiger partial charge on any atom is 0.410 e. The molecular formula is C8H10BrF3N2S. The molecule has 0 aromatic carbocycles. The van der Waals surface area contributed by atoms with Crippen molar-refractivity contribution >= 4 is 27.7 Å². The summed E-state index contributed by atoms with van der Waals surface area (Å²) in [5.74, 6) is 0.796. The van der Waals surface area contributed by atoms with Crippen molar-refractivity contribution < 1.29 is 13.2 Å². The van der Waals surface area contributed by atoms with Gasteiger partial charge < -0.3 is 0 Å². The van der Waals surface area contributed by atoms with Crippen LogP contribution in [0.25, 0.3) is 0 Å². The van der Waals surface area contributed by atoms with Crippen molar-refractivity contribution in [3.8, 4) is 0 Å². The second-order valence-electron chi connectivity index (χ2n) is 2.89. The van der Waals surface area contributed by atoms with Gasteiger partial charge in [0.25, 0.3) is 0 Å². The Morgan fingerprint density at radius 3 is 2.67 bits per heavy atom. The van der Waals surface area contributed by atoms with E-state index in [2.05, 4.69) is 21.0 Å². The summed E-state index contributed by atoms with van der Waals surface area (Å²) < 4.78 is 38.6. The summed E-state index contributed by atoms with van der Waals surface area (Å²) in [7, 11) is 0. The van der Waals surface area contributed by atoms with Crippen LogP contribution in [0.4, 0.5) is 13.2 Å². The van der Waals surface area contributed by atoms with Crippen molar-refractivity contribution in [3.05, 3.63) is 10.8 Å². The molecule has 0 amide bonds. The number of halogens is 4. The van der Waals surface area contributed by atoms with E-state index in [-0.39, 0.29) is 0 Å². The molecule has 1 aromatic rings. The van der Waals surface area contributed by atoms with E-state index in [9.17, 15) is 13.2 Å². The Kier molecular flexibility index (Phi) is 4.11. The maximum absolute atomic E-state index is 12.4. The molecule has 7 heteroatoms. The molecule has 1 atom stereocenters. The topological polar surface area (TPSA) is 17.8 Å². The lowest BCUT2D eigenvalue weighted by atomic mass is 10.3. The van der Waals surface area contributed by atoms with Gasteiger partial charge in [0.05, 0.1) is 11.1 Å². The summed E-state index contributed by atoms with van der Waals surface area (Å²) in [6.45, 7) is 3.01.